The van der Waals surface area contributed by atoms with Crippen LogP contribution in [0.1, 0.15) is 23.8 Å². The van der Waals surface area contributed by atoms with E-state index in [4.69, 9.17) is 0 Å². The number of nitrogens with one attached hydrogen (secondary N) is 2. The molecule has 4 rings (SSSR count). The summed E-state index contributed by atoms with van der Waals surface area (Å²) in [5.41, 5.74) is 1.75. The third-order valence-electron chi connectivity index (χ3n) is 4.70. The second-order valence-electron chi connectivity index (χ2n) is 6.73. The summed E-state index contributed by atoms with van der Waals surface area (Å²) in [6.07, 6.45) is -2.76. The highest BCUT2D eigenvalue weighted by Crippen LogP contribution is 2.32. The molecule has 2 aromatic heterocycles. The van der Waals surface area contributed by atoms with Crippen LogP contribution in [0, 0.1) is 12.8 Å². The number of carbonyl (C=O) groups is 1. The van der Waals surface area contributed by atoms with Crippen LogP contribution in [0.4, 0.5) is 18.9 Å². The number of anilines is 1. The van der Waals surface area contributed by atoms with Gasteiger partial charge in [0.05, 0.1) is 0 Å². The lowest BCUT2D eigenvalue weighted by atomic mass is 9.95. The Labute approximate surface area is 158 Å². The summed E-state index contributed by atoms with van der Waals surface area (Å²) in [6.45, 7) is 1.90. The van der Waals surface area contributed by atoms with E-state index in [-0.39, 0.29) is 18.9 Å². The average Bonchev–Trinajstić information content (AvgIpc) is 3.27. The molecule has 1 amide bonds. The fourth-order valence-corrected chi connectivity index (χ4v) is 3.37. The zero-order valence-corrected chi connectivity index (χ0v) is 14.9. The predicted octanol–water partition coefficient (Wildman–Crippen LogP) is 3.20. The van der Waals surface area contributed by atoms with E-state index in [1.165, 1.54) is 6.20 Å². The van der Waals surface area contributed by atoms with Crippen molar-refractivity contribution >= 4 is 11.6 Å². The molecule has 3 aromatic rings. The number of rotatable bonds is 3. The minimum Gasteiger partial charge on any atom is -0.326 e. The molecule has 0 spiro atoms. The van der Waals surface area contributed by atoms with Crippen LogP contribution in [0.25, 0.3) is 11.4 Å². The molecular weight excluding hydrogens is 373 g/mol. The number of alkyl halides is 3. The number of aromatic nitrogens is 5. The van der Waals surface area contributed by atoms with E-state index < -0.39 is 17.9 Å². The molecule has 1 aliphatic rings. The molecule has 7 nitrogen and oxygen atoms in total. The molecule has 2 N–H and O–H groups in total. The van der Waals surface area contributed by atoms with Crippen molar-refractivity contribution in [1.29, 1.82) is 0 Å². The van der Waals surface area contributed by atoms with Crippen LogP contribution >= 0.6 is 0 Å². The number of hydrogen-bond acceptors (Lipinski definition) is 4. The van der Waals surface area contributed by atoms with Crippen LogP contribution in [0.2, 0.25) is 0 Å². The third-order valence-corrected chi connectivity index (χ3v) is 4.70. The number of hydrogen-bond donors (Lipinski definition) is 2. The monoisotopic (exact) mass is 390 g/mol. The second-order valence-corrected chi connectivity index (χ2v) is 6.73. The highest BCUT2D eigenvalue weighted by molar-refractivity contribution is 5.93. The molecular formula is C18H17F3N6O. The molecule has 0 radical (unpaired) electrons. The van der Waals surface area contributed by atoms with Crippen molar-refractivity contribution in [3.63, 3.8) is 0 Å². The lowest BCUT2D eigenvalue weighted by molar-refractivity contribution is -0.147. The minimum atomic E-state index is -4.49. The van der Waals surface area contributed by atoms with Crippen molar-refractivity contribution in [2.75, 3.05) is 5.32 Å². The van der Waals surface area contributed by atoms with E-state index in [0.29, 0.717) is 29.5 Å². The van der Waals surface area contributed by atoms with Crippen molar-refractivity contribution in [3.8, 4) is 11.4 Å². The topological polar surface area (TPSA) is 88.5 Å². The van der Waals surface area contributed by atoms with E-state index in [0.717, 1.165) is 10.1 Å². The summed E-state index contributed by atoms with van der Waals surface area (Å²) in [4.78, 5) is 20.4. The number of aryl methyl sites for hydroxylation is 1. The SMILES string of the molecule is Cc1nc(-c2cccc(NC(=O)C3CCn4c(cnc4C(F)(F)F)C3)c2)n[nH]1. The molecule has 28 heavy (non-hydrogen) atoms. The molecule has 146 valence electrons. The number of aromatic amines is 1. The summed E-state index contributed by atoms with van der Waals surface area (Å²) in [6, 6.07) is 7.11. The number of fused-ring (bicyclic) bond motifs is 1. The molecule has 0 saturated carbocycles. The van der Waals surface area contributed by atoms with Crippen molar-refractivity contribution in [2.45, 2.75) is 32.5 Å². The van der Waals surface area contributed by atoms with Gasteiger partial charge in [0.2, 0.25) is 11.7 Å². The molecule has 0 aliphatic carbocycles. The van der Waals surface area contributed by atoms with Gasteiger partial charge in [-0.05, 0) is 25.5 Å². The van der Waals surface area contributed by atoms with E-state index in [1.54, 1.807) is 25.1 Å². The first-order valence-electron chi connectivity index (χ1n) is 8.73. The molecule has 10 heteroatoms. The van der Waals surface area contributed by atoms with Gasteiger partial charge in [0.15, 0.2) is 5.82 Å². The molecule has 1 aliphatic heterocycles. The molecule has 0 bridgehead atoms. The Balaban J connectivity index is 1.47. The van der Waals surface area contributed by atoms with Gasteiger partial charge in [-0.2, -0.15) is 18.3 Å². The summed E-state index contributed by atoms with van der Waals surface area (Å²) in [7, 11) is 0. The van der Waals surface area contributed by atoms with Crippen LogP contribution in [0.5, 0.6) is 0 Å². The van der Waals surface area contributed by atoms with Crippen molar-refractivity contribution in [2.24, 2.45) is 5.92 Å². The smallest absolute Gasteiger partial charge is 0.326 e. The van der Waals surface area contributed by atoms with Crippen molar-refractivity contribution < 1.29 is 18.0 Å². The Morgan fingerprint density at radius 1 is 1.36 bits per heavy atom. The first kappa shape index (κ1) is 18.2. The van der Waals surface area contributed by atoms with Gasteiger partial charge >= 0.3 is 6.18 Å². The number of nitrogens with zero attached hydrogens (tertiary/aromatic N) is 4. The van der Waals surface area contributed by atoms with Crippen LogP contribution in [0.3, 0.4) is 0 Å². The van der Waals surface area contributed by atoms with Crippen LogP contribution in [-0.4, -0.2) is 30.6 Å². The number of H-pyrrole nitrogens is 1. The van der Waals surface area contributed by atoms with E-state index in [9.17, 15) is 18.0 Å². The first-order valence-corrected chi connectivity index (χ1v) is 8.73. The average molecular weight is 390 g/mol. The number of halogens is 3. The van der Waals surface area contributed by atoms with Gasteiger partial charge < -0.3 is 9.88 Å². The molecule has 1 unspecified atom stereocenters. The Morgan fingerprint density at radius 3 is 2.89 bits per heavy atom. The first-order chi connectivity index (χ1) is 13.3. The van der Waals surface area contributed by atoms with Crippen molar-refractivity contribution in [3.05, 3.63) is 47.8 Å². The van der Waals surface area contributed by atoms with Gasteiger partial charge in [-0.1, -0.05) is 12.1 Å². The summed E-state index contributed by atoms with van der Waals surface area (Å²) < 4.78 is 40.0. The zero-order chi connectivity index (χ0) is 19.9. The minimum absolute atomic E-state index is 0.110. The van der Waals surface area contributed by atoms with Gasteiger partial charge in [-0.15, -0.1) is 0 Å². The number of imidazole rings is 1. The fourth-order valence-electron chi connectivity index (χ4n) is 3.37. The van der Waals surface area contributed by atoms with Gasteiger partial charge in [0.25, 0.3) is 0 Å². The lowest BCUT2D eigenvalue weighted by Gasteiger charge is -2.24. The molecule has 1 aromatic carbocycles. The highest BCUT2D eigenvalue weighted by Gasteiger charge is 2.39. The zero-order valence-electron chi connectivity index (χ0n) is 14.9. The number of benzene rings is 1. The summed E-state index contributed by atoms with van der Waals surface area (Å²) in [5, 5.41) is 9.70. The van der Waals surface area contributed by atoms with Crippen LogP contribution < -0.4 is 5.32 Å². The van der Waals surface area contributed by atoms with Crippen LogP contribution in [-0.2, 0) is 23.9 Å². The maximum absolute atomic E-state index is 13.0. The Hall–Kier alpha value is -3.17. The van der Waals surface area contributed by atoms with E-state index >= 15 is 0 Å². The van der Waals surface area contributed by atoms with Crippen molar-refractivity contribution in [1.82, 2.24) is 24.7 Å². The second kappa shape index (κ2) is 6.77. The van der Waals surface area contributed by atoms with Gasteiger partial charge in [-0.3, -0.25) is 9.89 Å². The third kappa shape index (κ3) is 3.49. The molecule has 3 heterocycles. The Bertz CT molecular complexity index is 1020. The van der Waals surface area contributed by atoms with Crippen LogP contribution in [0.15, 0.2) is 30.5 Å². The van der Waals surface area contributed by atoms with Gasteiger partial charge in [-0.25, -0.2) is 9.97 Å². The summed E-state index contributed by atoms with van der Waals surface area (Å²) in [5.74, 6) is -0.351. The largest absolute Gasteiger partial charge is 0.449 e. The molecule has 0 fully saturated rings. The summed E-state index contributed by atoms with van der Waals surface area (Å²) >= 11 is 0. The van der Waals surface area contributed by atoms with E-state index in [1.807, 2.05) is 6.07 Å². The Morgan fingerprint density at radius 2 is 2.18 bits per heavy atom. The van der Waals surface area contributed by atoms with Gasteiger partial charge in [0.1, 0.15) is 5.82 Å². The molecule has 0 saturated heterocycles. The standard InChI is InChI=1S/C18H17F3N6O/c1-10-23-15(26-25-10)11-3-2-4-13(7-11)24-16(28)12-5-6-27-14(8-12)9-22-17(27)18(19,20)21/h2-4,7,9,12H,5-6,8H2,1H3,(H,24,28)(H,23,25,26). The quantitative estimate of drug-likeness (QED) is 0.719. The Kier molecular flexibility index (Phi) is 4.40. The van der Waals surface area contributed by atoms with Gasteiger partial charge in [0, 0.05) is 42.0 Å². The highest BCUT2D eigenvalue weighted by atomic mass is 19.4. The maximum Gasteiger partial charge on any atom is 0.449 e. The normalized spacial score (nSPS) is 16.6. The number of carbonyl (C=O) groups excluding carboxylic acids is 1. The predicted molar refractivity (Wildman–Crippen MR) is 94.2 cm³/mol. The van der Waals surface area contributed by atoms with E-state index in [2.05, 4.69) is 25.5 Å². The number of amides is 1. The molecule has 1 atom stereocenters. The fraction of sp³-hybridized carbons (Fsp3) is 0.333. The lowest BCUT2D eigenvalue weighted by Crippen LogP contribution is -2.31. The maximum atomic E-state index is 13.0.